The van der Waals surface area contributed by atoms with Crippen molar-refractivity contribution in [2.24, 2.45) is 5.92 Å². The summed E-state index contributed by atoms with van der Waals surface area (Å²) in [5.74, 6) is 0.559. The molecule has 1 aliphatic rings. The second-order valence-electron chi connectivity index (χ2n) is 5.92. The molecule has 1 aliphatic carbocycles. The first-order valence-electron chi connectivity index (χ1n) is 7.75. The molecule has 2 aromatic rings. The number of nitrogens with zero attached hydrogens (tertiary/aromatic N) is 2. The molecule has 1 amide bonds. The molecule has 1 N–H and O–H groups in total. The van der Waals surface area contributed by atoms with E-state index in [2.05, 4.69) is 10.4 Å². The molecule has 116 valence electrons. The van der Waals surface area contributed by atoms with Gasteiger partial charge in [-0.15, -0.1) is 0 Å². The Balaban J connectivity index is 1.46. The minimum Gasteiger partial charge on any atom is -0.326 e. The summed E-state index contributed by atoms with van der Waals surface area (Å²) in [5.41, 5.74) is 0.805. The van der Waals surface area contributed by atoms with Crippen LogP contribution in [0.1, 0.15) is 38.1 Å². The Morgan fingerprint density at radius 3 is 2.59 bits per heavy atom. The Morgan fingerprint density at radius 1 is 1.23 bits per heavy atom. The van der Waals surface area contributed by atoms with Crippen molar-refractivity contribution in [1.29, 1.82) is 0 Å². The molecule has 0 aliphatic heterocycles. The van der Waals surface area contributed by atoms with E-state index in [1.54, 1.807) is 12.1 Å². The molecule has 1 aromatic heterocycles. The van der Waals surface area contributed by atoms with E-state index in [-0.39, 0.29) is 5.91 Å². The van der Waals surface area contributed by atoms with Crippen molar-refractivity contribution in [3.63, 3.8) is 0 Å². The van der Waals surface area contributed by atoms with Crippen molar-refractivity contribution in [2.75, 3.05) is 5.32 Å². The highest BCUT2D eigenvalue weighted by atomic mass is 35.5. The molecule has 1 saturated carbocycles. The summed E-state index contributed by atoms with van der Waals surface area (Å²) < 4.78 is 2.05. The van der Waals surface area contributed by atoms with Gasteiger partial charge in [-0.25, -0.2) is 0 Å². The zero-order chi connectivity index (χ0) is 15.4. The van der Waals surface area contributed by atoms with Gasteiger partial charge < -0.3 is 5.32 Å². The molecule has 3 rings (SSSR count). The van der Waals surface area contributed by atoms with Gasteiger partial charge in [0, 0.05) is 29.5 Å². The van der Waals surface area contributed by atoms with Crippen molar-refractivity contribution in [3.8, 4) is 0 Å². The van der Waals surface area contributed by atoms with Crippen LogP contribution in [-0.2, 0) is 4.79 Å². The minimum atomic E-state index is 0.0878. The van der Waals surface area contributed by atoms with Gasteiger partial charge in [0.25, 0.3) is 0 Å². The molecular formula is C17H20ClN3O. The molecule has 4 nitrogen and oxygen atoms in total. The Hall–Kier alpha value is -1.81. The first-order valence-corrected chi connectivity index (χ1v) is 8.13. The lowest BCUT2D eigenvalue weighted by atomic mass is 9.84. The van der Waals surface area contributed by atoms with E-state index in [1.165, 1.54) is 0 Å². The van der Waals surface area contributed by atoms with Crippen LogP contribution in [0.25, 0.3) is 0 Å². The van der Waals surface area contributed by atoms with Crippen LogP contribution in [0.5, 0.6) is 0 Å². The van der Waals surface area contributed by atoms with E-state index in [0.29, 0.717) is 23.4 Å². The second-order valence-corrected chi connectivity index (χ2v) is 6.36. The lowest BCUT2D eigenvalue weighted by molar-refractivity contribution is -0.117. The Kier molecular flexibility index (Phi) is 4.78. The third-order valence-electron chi connectivity index (χ3n) is 4.32. The van der Waals surface area contributed by atoms with Gasteiger partial charge >= 0.3 is 0 Å². The summed E-state index contributed by atoms with van der Waals surface area (Å²) in [4.78, 5) is 12.1. The molecule has 0 spiro atoms. The van der Waals surface area contributed by atoms with Crippen LogP contribution < -0.4 is 5.32 Å². The fourth-order valence-electron chi connectivity index (χ4n) is 3.12. The van der Waals surface area contributed by atoms with Crippen molar-refractivity contribution in [1.82, 2.24) is 9.78 Å². The molecule has 22 heavy (non-hydrogen) atoms. The smallest absolute Gasteiger partial charge is 0.224 e. The normalized spacial score (nSPS) is 21.5. The number of nitrogens with one attached hydrogen (secondary N) is 1. The van der Waals surface area contributed by atoms with E-state index in [0.717, 1.165) is 31.4 Å². The van der Waals surface area contributed by atoms with Gasteiger partial charge in [0.1, 0.15) is 0 Å². The number of rotatable bonds is 4. The first-order chi connectivity index (χ1) is 10.7. The maximum atomic E-state index is 12.1. The summed E-state index contributed by atoms with van der Waals surface area (Å²) >= 11 is 5.84. The average Bonchev–Trinajstić information content (AvgIpc) is 3.05. The van der Waals surface area contributed by atoms with Crippen LogP contribution in [0.15, 0.2) is 42.7 Å². The molecule has 1 fully saturated rings. The summed E-state index contributed by atoms with van der Waals surface area (Å²) in [6, 6.07) is 9.68. The zero-order valence-electron chi connectivity index (χ0n) is 12.4. The highest BCUT2D eigenvalue weighted by Gasteiger charge is 2.24. The largest absolute Gasteiger partial charge is 0.326 e. The van der Waals surface area contributed by atoms with Crippen LogP contribution in [-0.4, -0.2) is 15.7 Å². The van der Waals surface area contributed by atoms with Crippen molar-refractivity contribution >= 4 is 23.2 Å². The number of carbonyl (C=O) groups excluding carboxylic acids is 1. The Labute approximate surface area is 135 Å². The highest BCUT2D eigenvalue weighted by Crippen LogP contribution is 2.33. The van der Waals surface area contributed by atoms with E-state index >= 15 is 0 Å². The molecule has 1 heterocycles. The van der Waals surface area contributed by atoms with E-state index in [1.807, 2.05) is 35.3 Å². The van der Waals surface area contributed by atoms with Gasteiger partial charge in [-0.05, 0) is 61.9 Å². The maximum absolute atomic E-state index is 12.1. The van der Waals surface area contributed by atoms with Crippen LogP contribution in [0.3, 0.4) is 0 Å². The van der Waals surface area contributed by atoms with E-state index in [4.69, 9.17) is 11.6 Å². The summed E-state index contributed by atoms with van der Waals surface area (Å²) in [5, 5.41) is 7.93. The number of hydrogen-bond donors (Lipinski definition) is 1. The summed E-state index contributed by atoms with van der Waals surface area (Å²) in [6.07, 6.45) is 8.80. The quantitative estimate of drug-likeness (QED) is 0.914. The standard InChI is InChI=1S/C17H20ClN3O/c18-14-4-6-15(7-5-14)20-17(22)12-13-2-8-16(9-3-13)21-11-1-10-19-21/h1,4-7,10-11,13,16H,2-3,8-9,12H2,(H,20,22)/t13-,16+. The van der Waals surface area contributed by atoms with Crippen molar-refractivity contribution < 1.29 is 4.79 Å². The third-order valence-corrected chi connectivity index (χ3v) is 4.57. The number of hydrogen-bond acceptors (Lipinski definition) is 2. The highest BCUT2D eigenvalue weighted by molar-refractivity contribution is 6.30. The topological polar surface area (TPSA) is 46.9 Å². The predicted molar refractivity (Wildman–Crippen MR) is 87.9 cm³/mol. The Morgan fingerprint density at radius 2 is 1.95 bits per heavy atom. The van der Waals surface area contributed by atoms with Gasteiger partial charge in [-0.3, -0.25) is 9.48 Å². The number of anilines is 1. The van der Waals surface area contributed by atoms with Crippen LogP contribution in [0.2, 0.25) is 5.02 Å². The lowest BCUT2D eigenvalue weighted by Crippen LogP contribution is -2.22. The fraction of sp³-hybridized carbons (Fsp3) is 0.412. The number of carbonyl (C=O) groups is 1. The van der Waals surface area contributed by atoms with Crippen LogP contribution in [0, 0.1) is 5.92 Å². The number of aromatic nitrogens is 2. The lowest BCUT2D eigenvalue weighted by Gasteiger charge is -2.28. The van der Waals surface area contributed by atoms with Gasteiger partial charge in [-0.1, -0.05) is 11.6 Å². The number of halogens is 1. The van der Waals surface area contributed by atoms with Crippen molar-refractivity contribution in [2.45, 2.75) is 38.1 Å². The van der Waals surface area contributed by atoms with Crippen LogP contribution >= 0.6 is 11.6 Å². The molecule has 1 aromatic carbocycles. The molecule has 0 atom stereocenters. The first kappa shape index (κ1) is 15.1. The second kappa shape index (κ2) is 6.97. The SMILES string of the molecule is O=C(C[C@H]1CC[C@@H](n2cccn2)CC1)Nc1ccc(Cl)cc1. The third kappa shape index (κ3) is 3.89. The average molecular weight is 318 g/mol. The van der Waals surface area contributed by atoms with Crippen LogP contribution in [0.4, 0.5) is 5.69 Å². The van der Waals surface area contributed by atoms with E-state index < -0.39 is 0 Å². The van der Waals surface area contributed by atoms with Gasteiger partial charge in [0.15, 0.2) is 0 Å². The minimum absolute atomic E-state index is 0.0878. The van der Waals surface area contributed by atoms with Gasteiger partial charge in [0.05, 0.1) is 6.04 Å². The van der Waals surface area contributed by atoms with E-state index in [9.17, 15) is 4.79 Å². The monoisotopic (exact) mass is 317 g/mol. The number of amides is 1. The van der Waals surface area contributed by atoms with Crippen molar-refractivity contribution in [3.05, 3.63) is 47.7 Å². The molecule has 0 radical (unpaired) electrons. The molecule has 0 bridgehead atoms. The Bertz CT molecular complexity index is 601. The molecule has 5 heteroatoms. The fourth-order valence-corrected chi connectivity index (χ4v) is 3.24. The number of benzene rings is 1. The van der Waals surface area contributed by atoms with Gasteiger partial charge in [0.2, 0.25) is 5.91 Å². The maximum Gasteiger partial charge on any atom is 0.224 e. The van der Waals surface area contributed by atoms with Gasteiger partial charge in [-0.2, -0.15) is 5.10 Å². The summed E-state index contributed by atoms with van der Waals surface area (Å²) in [7, 11) is 0. The summed E-state index contributed by atoms with van der Waals surface area (Å²) in [6.45, 7) is 0. The molecule has 0 saturated heterocycles. The molecule has 0 unspecified atom stereocenters. The predicted octanol–water partition coefficient (Wildman–Crippen LogP) is 4.30. The zero-order valence-corrected chi connectivity index (χ0v) is 13.2. The molecular weight excluding hydrogens is 298 g/mol.